The Hall–Kier alpha value is -2.77. The fourth-order valence-corrected chi connectivity index (χ4v) is 4.91. The van der Waals surface area contributed by atoms with Crippen molar-refractivity contribution in [2.45, 2.75) is 31.8 Å². The van der Waals surface area contributed by atoms with Crippen LogP contribution in [-0.2, 0) is 4.74 Å². The molecule has 0 bridgehead atoms. The molecule has 0 aromatic heterocycles. The maximum Gasteiger partial charge on any atom is 0.253 e. The number of hydrogen-bond donors (Lipinski definition) is 1. The number of fused-ring (bicyclic) bond motifs is 1. The van der Waals surface area contributed by atoms with Gasteiger partial charge in [0.1, 0.15) is 5.75 Å². The van der Waals surface area contributed by atoms with E-state index in [0.29, 0.717) is 25.3 Å². The summed E-state index contributed by atoms with van der Waals surface area (Å²) in [7, 11) is 3.38. The zero-order valence-electron chi connectivity index (χ0n) is 20.4. The normalized spacial score (nSPS) is 19.1. The number of carbonyl (C=O) groups excluding carboxylic acids is 1. The summed E-state index contributed by atoms with van der Waals surface area (Å²) in [5, 5.41) is 11.0. The Balaban J connectivity index is 1.47. The highest BCUT2D eigenvalue weighted by Crippen LogP contribution is 2.33. The first-order valence-corrected chi connectivity index (χ1v) is 12.3. The molecule has 2 heterocycles. The molecule has 0 saturated carbocycles. The summed E-state index contributed by atoms with van der Waals surface area (Å²) in [5.74, 6) is 0.878. The molecule has 1 unspecified atom stereocenters. The number of benzene rings is 2. The van der Waals surface area contributed by atoms with Crippen molar-refractivity contribution < 1.29 is 19.4 Å². The minimum absolute atomic E-state index is 0.0349. The first kappa shape index (κ1) is 24.4. The predicted octanol–water partition coefficient (Wildman–Crippen LogP) is 3.72. The highest BCUT2D eigenvalue weighted by molar-refractivity contribution is 5.95. The Bertz CT molecular complexity index is 941. The average Bonchev–Trinajstić information content (AvgIpc) is 2.96. The smallest absolute Gasteiger partial charge is 0.253 e. The van der Waals surface area contributed by atoms with Gasteiger partial charge in [0.2, 0.25) is 0 Å². The zero-order valence-corrected chi connectivity index (χ0v) is 20.4. The van der Waals surface area contributed by atoms with Crippen molar-refractivity contribution in [1.82, 2.24) is 4.90 Å². The predicted molar refractivity (Wildman–Crippen MR) is 135 cm³/mol. The molecule has 0 radical (unpaired) electrons. The molecule has 7 nitrogen and oxygen atoms in total. The summed E-state index contributed by atoms with van der Waals surface area (Å²) in [6.07, 6.45) is 3.35. The van der Waals surface area contributed by atoms with E-state index in [4.69, 9.17) is 9.47 Å². The van der Waals surface area contributed by atoms with Crippen molar-refractivity contribution in [3.8, 4) is 5.75 Å². The number of rotatable bonds is 6. The van der Waals surface area contributed by atoms with E-state index in [1.54, 1.807) is 14.2 Å². The minimum Gasteiger partial charge on any atom is -0.497 e. The van der Waals surface area contributed by atoms with E-state index in [1.807, 2.05) is 35.2 Å². The summed E-state index contributed by atoms with van der Waals surface area (Å²) in [6.45, 7) is 5.26. The molecule has 1 atom stereocenters. The van der Waals surface area contributed by atoms with Crippen LogP contribution in [0.2, 0.25) is 0 Å². The third-order valence-corrected chi connectivity index (χ3v) is 6.95. The van der Waals surface area contributed by atoms with Crippen molar-refractivity contribution in [2.24, 2.45) is 0 Å². The third kappa shape index (κ3) is 5.65. The summed E-state index contributed by atoms with van der Waals surface area (Å²) in [4.78, 5) is 19.9. The van der Waals surface area contributed by atoms with Gasteiger partial charge in [0.05, 0.1) is 19.8 Å². The van der Waals surface area contributed by atoms with Gasteiger partial charge in [0.15, 0.2) is 0 Å². The highest BCUT2D eigenvalue weighted by Gasteiger charge is 2.25. The number of carbonyl (C=O) groups is 1. The van der Waals surface area contributed by atoms with Crippen molar-refractivity contribution in [3.05, 3.63) is 53.6 Å². The van der Waals surface area contributed by atoms with Gasteiger partial charge >= 0.3 is 0 Å². The van der Waals surface area contributed by atoms with Crippen molar-refractivity contribution in [3.63, 3.8) is 0 Å². The van der Waals surface area contributed by atoms with Crippen LogP contribution in [0.3, 0.4) is 0 Å². The SMILES string of the molecule is COCCN1CCCCCC(O)c2cc(C(=O)N3CCN(c4ccc(OC)cc4)CC3)ccc21. The first-order chi connectivity index (χ1) is 16.6. The molecule has 1 N–H and O–H groups in total. The fraction of sp³-hybridized carbons (Fsp3) is 0.519. The lowest BCUT2D eigenvalue weighted by molar-refractivity contribution is 0.0746. The maximum absolute atomic E-state index is 13.4. The van der Waals surface area contributed by atoms with E-state index in [9.17, 15) is 9.90 Å². The quantitative estimate of drug-likeness (QED) is 0.699. The standard InChI is InChI=1S/C27H37N3O4/c1-33-19-18-29-13-5-3-4-6-26(31)24-20-21(7-12-25(24)29)27(32)30-16-14-28(15-17-30)22-8-10-23(34-2)11-9-22/h7-12,20,26,31H,3-6,13-19H2,1-2H3. The van der Waals surface area contributed by atoms with Crippen LogP contribution >= 0.6 is 0 Å². The number of methoxy groups -OCH3 is 2. The molecule has 1 amide bonds. The van der Waals surface area contributed by atoms with Crippen LogP contribution < -0.4 is 14.5 Å². The van der Waals surface area contributed by atoms with Gasteiger partial charge in [-0.3, -0.25) is 4.79 Å². The maximum atomic E-state index is 13.4. The van der Waals surface area contributed by atoms with Gasteiger partial charge in [-0.1, -0.05) is 12.8 Å². The molecule has 184 valence electrons. The Morgan fingerprint density at radius 1 is 0.971 bits per heavy atom. The number of piperazine rings is 1. The lowest BCUT2D eigenvalue weighted by Crippen LogP contribution is -2.48. The number of amides is 1. The molecule has 2 aliphatic heterocycles. The lowest BCUT2D eigenvalue weighted by atomic mass is 9.98. The van der Waals surface area contributed by atoms with Crippen LogP contribution in [0.15, 0.2) is 42.5 Å². The van der Waals surface area contributed by atoms with Gasteiger partial charge in [-0.15, -0.1) is 0 Å². The summed E-state index contributed by atoms with van der Waals surface area (Å²) in [6, 6.07) is 13.9. The van der Waals surface area contributed by atoms with Gasteiger partial charge in [-0.2, -0.15) is 0 Å². The first-order valence-electron chi connectivity index (χ1n) is 12.3. The van der Waals surface area contributed by atoms with Gasteiger partial charge < -0.3 is 29.3 Å². The molecular weight excluding hydrogens is 430 g/mol. The molecule has 2 aromatic carbocycles. The zero-order chi connectivity index (χ0) is 23.9. The van der Waals surface area contributed by atoms with Crippen LogP contribution in [0.5, 0.6) is 5.75 Å². The van der Waals surface area contributed by atoms with Gasteiger partial charge in [-0.25, -0.2) is 0 Å². The second kappa shape index (κ2) is 11.6. The Morgan fingerprint density at radius 2 is 1.74 bits per heavy atom. The number of anilines is 2. The van der Waals surface area contributed by atoms with Crippen LogP contribution in [0.25, 0.3) is 0 Å². The lowest BCUT2D eigenvalue weighted by Gasteiger charge is -2.36. The fourth-order valence-electron chi connectivity index (χ4n) is 4.91. The monoisotopic (exact) mass is 467 g/mol. The molecule has 2 aliphatic rings. The Labute approximate surface area is 202 Å². The molecule has 1 fully saturated rings. The van der Waals surface area contributed by atoms with Crippen LogP contribution in [-0.4, -0.2) is 76.0 Å². The van der Waals surface area contributed by atoms with Crippen molar-refractivity contribution >= 4 is 17.3 Å². The van der Waals surface area contributed by atoms with Crippen LogP contribution in [0, 0.1) is 0 Å². The summed E-state index contributed by atoms with van der Waals surface area (Å²) in [5.41, 5.74) is 3.68. The third-order valence-electron chi connectivity index (χ3n) is 6.95. The largest absolute Gasteiger partial charge is 0.497 e. The number of nitrogens with zero attached hydrogens (tertiary/aromatic N) is 3. The number of aliphatic hydroxyl groups excluding tert-OH is 1. The molecule has 4 rings (SSSR count). The molecule has 7 heteroatoms. The Morgan fingerprint density at radius 3 is 2.44 bits per heavy atom. The second-order valence-electron chi connectivity index (χ2n) is 9.10. The summed E-state index contributed by atoms with van der Waals surface area (Å²) >= 11 is 0. The van der Waals surface area contributed by atoms with E-state index in [2.05, 4.69) is 21.9 Å². The van der Waals surface area contributed by atoms with Crippen molar-refractivity contribution in [1.29, 1.82) is 0 Å². The van der Waals surface area contributed by atoms with Crippen molar-refractivity contribution in [2.75, 3.05) is 69.9 Å². The van der Waals surface area contributed by atoms with E-state index in [-0.39, 0.29) is 5.91 Å². The van der Waals surface area contributed by atoms with Gasteiger partial charge in [-0.05, 0) is 55.3 Å². The topological polar surface area (TPSA) is 65.5 Å². The van der Waals surface area contributed by atoms with E-state index < -0.39 is 6.10 Å². The highest BCUT2D eigenvalue weighted by atomic mass is 16.5. The van der Waals surface area contributed by atoms with Crippen LogP contribution in [0.4, 0.5) is 11.4 Å². The molecule has 34 heavy (non-hydrogen) atoms. The van der Waals surface area contributed by atoms with Gasteiger partial charge in [0, 0.05) is 68.9 Å². The molecule has 2 aromatic rings. The van der Waals surface area contributed by atoms with E-state index in [0.717, 1.165) is 74.6 Å². The molecule has 0 aliphatic carbocycles. The molecular formula is C27H37N3O4. The Kier molecular flexibility index (Phi) is 8.29. The number of ether oxygens (including phenoxy) is 2. The van der Waals surface area contributed by atoms with Gasteiger partial charge in [0.25, 0.3) is 5.91 Å². The molecule has 1 saturated heterocycles. The second-order valence-corrected chi connectivity index (χ2v) is 9.10. The summed E-state index contributed by atoms with van der Waals surface area (Å²) < 4.78 is 10.6. The number of aliphatic hydroxyl groups is 1. The van der Waals surface area contributed by atoms with E-state index in [1.165, 1.54) is 0 Å². The van der Waals surface area contributed by atoms with Crippen LogP contribution in [0.1, 0.15) is 47.7 Å². The molecule has 0 spiro atoms. The number of hydrogen-bond acceptors (Lipinski definition) is 6. The van der Waals surface area contributed by atoms with E-state index >= 15 is 0 Å². The minimum atomic E-state index is -0.558. The average molecular weight is 468 g/mol.